The van der Waals surface area contributed by atoms with Crippen molar-refractivity contribution in [1.82, 2.24) is 0 Å². The number of carbonyl (C=O) groups is 1. The van der Waals surface area contributed by atoms with Gasteiger partial charge in [0.05, 0.1) is 11.5 Å². The molecule has 0 fully saturated rings. The fourth-order valence-electron chi connectivity index (χ4n) is 1.26. The monoisotopic (exact) mass is 278 g/mol. The van der Waals surface area contributed by atoms with E-state index in [1.165, 1.54) is 6.07 Å². The molecule has 0 spiro atoms. The van der Waals surface area contributed by atoms with Gasteiger partial charge in [-0.15, -0.1) is 11.3 Å². The third-order valence-electron chi connectivity index (χ3n) is 1.99. The smallest absolute Gasteiger partial charge is 0.349 e. The molecule has 0 bridgehead atoms. The predicted molar refractivity (Wildman–Crippen MR) is 65.7 cm³/mol. The first kappa shape index (κ1) is 14.0. The summed E-state index contributed by atoms with van der Waals surface area (Å²) in [4.78, 5) is 10.9. The molecule has 0 saturated carbocycles. The van der Waals surface area contributed by atoms with Crippen LogP contribution >= 0.6 is 11.3 Å². The highest BCUT2D eigenvalue weighted by atomic mass is 32.2. The van der Waals surface area contributed by atoms with Crippen LogP contribution < -0.4 is 4.74 Å². The van der Waals surface area contributed by atoms with Gasteiger partial charge in [-0.25, -0.2) is 13.2 Å². The number of ether oxygens (including phenoxy) is 1. The van der Waals surface area contributed by atoms with E-state index in [1.54, 1.807) is 12.3 Å². The molecule has 0 aliphatic heterocycles. The summed E-state index contributed by atoms with van der Waals surface area (Å²) >= 11 is 1.05. The summed E-state index contributed by atoms with van der Waals surface area (Å²) in [5, 5.41) is 10.4. The second-order valence-corrected chi connectivity index (χ2v) is 6.64. The SMILES string of the molecule is CCCS(=O)(=O)CCOc1ccsc1C(=O)O. The molecular weight excluding hydrogens is 264 g/mol. The molecule has 0 radical (unpaired) electrons. The number of hydrogen-bond donors (Lipinski definition) is 1. The molecule has 7 heteroatoms. The first-order valence-corrected chi connectivity index (χ1v) is 7.80. The molecule has 1 N–H and O–H groups in total. The van der Waals surface area contributed by atoms with Gasteiger partial charge < -0.3 is 9.84 Å². The summed E-state index contributed by atoms with van der Waals surface area (Å²) in [6.45, 7) is 1.78. The van der Waals surface area contributed by atoms with Crippen molar-refractivity contribution in [2.45, 2.75) is 13.3 Å². The fraction of sp³-hybridized carbons (Fsp3) is 0.500. The maximum atomic E-state index is 11.4. The maximum absolute atomic E-state index is 11.4. The Bertz CT molecular complexity index is 475. The minimum atomic E-state index is -3.09. The summed E-state index contributed by atoms with van der Waals surface area (Å²) in [7, 11) is -3.09. The zero-order chi connectivity index (χ0) is 12.9. The van der Waals surface area contributed by atoms with Gasteiger partial charge in [-0.2, -0.15) is 0 Å². The van der Waals surface area contributed by atoms with Crippen LogP contribution in [0.4, 0.5) is 0 Å². The van der Waals surface area contributed by atoms with E-state index < -0.39 is 15.8 Å². The predicted octanol–water partition coefficient (Wildman–Crippen LogP) is 1.65. The van der Waals surface area contributed by atoms with Crippen LogP contribution in [0.25, 0.3) is 0 Å². The average molecular weight is 278 g/mol. The highest BCUT2D eigenvalue weighted by Gasteiger charge is 2.14. The topological polar surface area (TPSA) is 80.7 Å². The van der Waals surface area contributed by atoms with Gasteiger partial charge in [0.15, 0.2) is 14.7 Å². The van der Waals surface area contributed by atoms with Gasteiger partial charge >= 0.3 is 5.97 Å². The highest BCUT2D eigenvalue weighted by Crippen LogP contribution is 2.24. The Morgan fingerprint density at radius 1 is 1.47 bits per heavy atom. The minimum Gasteiger partial charge on any atom is -0.491 e. The van der Waals surface area contributed by atoms with Crippen molar-refractivity contribution < 1.29 is 23.1 Å². The molecule has 5 nitrogen and oxygen atoms in total. The number of sulfone groups is 1. The lowest BCUT2D eigenvalue weighted by Gasteiger charge is -2.05. The summed E-state index contributed by atoms with van der Waals surface area (Å²) in [6, 6.07) is 1.53. The van der Waals surface area contributed by atoms with Crippen molar-refractivity contribution in [3.8, 4) is 5.75 Å². The van der Waals surface area contributed by atoms with E-state index in [0.29, 0.717) is 6.42 Å². The van der Waals surface area contributed by atoms with E-state index in [4.69, 9.17) is 9.84 Å². The van der Waals surface area contributed by atoms with E-state index in [9.17, 15) is 13.2 Å². The standard InChI is InChI=1S/C10H14O5S2/c1-2-6-17(13,14)7-4-15-8-3-5-16-9(8)10(11)12/h3,5H,2,4,6-7H2,1H3,(H,11,12). The van der Waals surface area contributed by atoms with Crippen molar-refractivity contribution in [1.29, 1.82) is 0 Å². The number of aromatic carboxylic acids is 1. The van der Waals surface area contributed by atoms with Crippen LogP contribution in [0.2, 0.25) is 0 Å². The number of rotatable bonds is 7. The van der Waals surface area contributed by atoms with Gasteiger partial charge in [0.25, 0.3) is 0 Å². The van der Waals surface area contributed by atoms with Gasteiger partial charge in [-0.3, -0.25) is 0 Å². The summed E-state index contributed by atoms with van der Waals surface area (Å²) < 4.78 is 27.9. The largest absolute Gasteiger partial charge is 0.491 e. The molecule has 0 unspecified atom stereocenters. The molecule has 1 rings (SSSR count). The van der Waals surface area contributed by atoms with E-state index >= 15 is 0 Å². The fourth-order valence-corrected chi connectivity index (χ4v) is 3.09. The van der Waals surface area contributed by atoms with Crippen LogP contribution in [-0.4, -0.2) is 37.6 Å². The minimum absolute atomic E-state index is 0.0145. The van der Waals surface area contributed by atoms with Gasteiger partial charge in [0.2, 0.25) is 0 Å². The first-order valence-electron chi connectivity index (χ1n) is 5.10. The molecular formula is C10H14O5S2. The van der Waals surface area contributed by atoms with Crippen LogP contribution in [0.5, 0.6) is 5.75 Å². The van der Waals surface area contributed by atoms with Crippen molar-refractivity contribution in [3.05, 3.63) is 16.3 Å². The lowest BCUT2D eigenvalue weighted by Crippen LogP contribution is -2.17. The molecule has 0 aliphatic rings. The van der Waals surface area contributed by atoms with E-state index in [2.05, 4.69) is 0 Å². The first-order chi connectivity index (χ1) is 7.96. The van der Waals surface area contributed by atoms with E-state index in [1.807, 2.05) is 0 Å². The summed E-state index contributed by atoms with van der Waals surface area (Å²) in [6.07, 6.45) is 0.571. The number of hydrogen-bond acceptors (Lipinski definition) is 5. The Labute approximate surface area is 104 Å². The zero-order valence-corrected chi connectivity index (χ0v) is 11.0. The van der Waals surface area contributed by atoms with Gasteiger partial charge in [0.1, 0.15) is 12.4 Å². The lowest BCUT2D eigenvalue weighted by molar-refractivity contribution is 0.0698. The van der Waals surface area contributed by atoms with Crippen LogP contribution in [0, 0.1) is 0 Å². The Balaban J connectivity index is 2.52. The lowest BCUT2D eigenvalue weighted by atomic mass is 10.4. The third kappa shape index (κ3) is 4.35. The second-order valence-electron chi connectivity index (χ2n) is 3.42. The Hall–Kier alpha value is -1.08. The zero-order valence-electron chi connectivity index (χ0n) is 9.38. The Morgan fingerprint density at radius 3 is 2.76 bits per heavy atom. The van der Waals surface area contributed by atoms with Gasteiger partial charge in [0, 0.05) is 0 Å². The third-order valence-corrected chi connectivity index (χ3v) is 4.69. The quantitative estimate of drug-likeness (QED) is 0.820. The molecule has 0 amide bonds. The molecule has 17 heavy (non-hydrogen) atoms. The number of carboxylic acids is 1. The van der Waals surface area contributed by atoms with Crippen LogP contribution in [-0.2, 0) is 9.84 Å². The van der Waals surface area contributed by atoms with Crippen molar-refractivity contribution in [2.24, 2.45) is 0 Å². The Morgan fingerprint density at radius 2 is 2.18 bits per heavy atom. The molecule has 0 saturated heterocycles. The molecule has 0 aliphatic carbocycles. The second kappa shape index (κ2) is 6.02. The molecule has 1 heterocycles. The maximum Gasteiger partial charge on any atom is 0.349 e. The van der Waals surface area contributed by atoms with Crippen molar-refractivity contribution in [3.63, 3.8) is 0 Å². The molecule has 1 aromatic rings. The summed E-state index contributed by atoms with van der Waals surface area (Å²) in [5.41, 5.74) is 0. The van der Waals surface area contributed by atoms with Gasteiger partial charge in [-0.05, 0) is 17.9 Å². The van der Waals surface area contributed by atoms with Crippen LogP contribution in [0.15, 0.2) is 11.4 Å². The number of carboxylic acid groups (broad SMARTS) is 1. The summed E-state index contributed by atoms with van der Waals surface area (Å²) in [5.74, 6) is -0.790. The average Bonchev–Trinajstić information content (AvgIpc) is 2.65. The van der Waals surface area contributed by atoms with Gasteiger partial charge in [-0.1, -0.05) is 6.92 Å². The van der Waals surface area contributed by atoms with E-state index in [-0.39, 0.29) is 28.7 Å². The normalized spacial score (nSPS) is 11.4. The van der Waals surface area contributed by atoms with Crippen LogP contribution in [0.1, 0.15) is 23.0 Å². The number of thiophene rings is 1. The van der Waals surface area contributed by atoms with Crippen LogP contribution in [0.3, 0.4) is 0 Å². The molecule has 1 aromatic heterocycles. The Kier molecular flexibility index (Phi) is 4.95. The molecule has 96 valence electrons. The molecule has 0 atom stereocenters. The van der Waals surface area contributed by atoms with E-state index in [0.717, 1.165) is 11.3 Å². The highest BCUT2D eigenvalue weighted by molar-refractivity contribution is 7.91. The molecule has 0 aromatic carbocycles. The van der Waals surface area contributed by atoms with Crippen molar-refractivity contribution >= 4 is 27.1 Å². The van der Waals surface area contributed by atoms with Crippen molar-refractivity contribution in [2.75, 3.05) is 18.1 Å².